The molecule has 6 aromatic carbocycles. The fraction of sp³-hybridized carbons (Fsp3) is 0. The topological polar surface area (TPSA) is 4.93 Å². The molecule has 0 N–H and O–H groups in total. The van der Waals surface area contributed by atoms with E-state index in [1.807, 2.05) is 42.5 Å². The first-order chi connectivity index (χ1) is 19.2. The summed E-state index contributed by atoms with van der Waals surface area (Å²) in [7, 11) is 0. The van der Waals surface area contributed by atoms with Crippen molar-refractivity contribution < 1.29 is 4.39 Å². The van der Waals surface area contributed by atoms with Crippen LogP contribution < -0.4 is 0 Å². The molecule has 0 bridgehead atoms. The molecule has 0 aliphatic heterocycles. The van der Waals surface area contributed by atoms with Crippen molar-refractivity contribution >= 4 is 37.6 Å². The molecule has 1 heterocycles. The molecule has 0 unspecified atom stereocenters. The molecule has 1 aromatic heterocycles. The minimum atomic E-state index is -0.297. The van der Waals surface area contributed by atoms with Crippen molar-refractivity contribution in [2.45, 2.75) is 0 Å². The van der Waals surface area contributed by atoms with Gasteiger partial charge in [-0.2, -0.15) is 0 Å². The van der Waals surface area contributed by atoms with Crippen LogP contribution >= 0.6 is 15.9 Å². The van der Waals surface area contributed by atoms with Gasteiger partial charge < -0.3 is 4.57 Å². The molecule has 0 aliphatic rings. The van der Waals surface area contributed by atoms with Crippen LogP contribution in [0, 0.1) is 5.82 Å². The number of hydrogen-bond acceptors (Lipinski definition) is 0. The first kappa shape index (κ1) is 23.6. The normalized spacial score (nSPS) is 11.3. The molecule has 3 heteroatoms. The lowest BCUT2D eigenvalue weighted by molar-refractivity contribution is 0.620. The molecule has 0 aliphatic carbocycles. The summed E-state index contributed by atoms with van der Waals surface area (Å²) in [5, 5.41) is 3.43. The highest BCUT2D eigenvalue weighted by Crippen LogP contribution is 2.46. The first-order valence-electron chi connectivity index (χ1n) is 12.9. The Balaban J connectivity index is 1.68. The Labute approximate surface area is 234 Å². The number of benzene rings is 6. The summed E-state index contributed by atoms with van der Waals surface area (Å²) in [5.74, 6) is -0.297. The zero-order valence-electron chi connectivity index (χ0n) is 21.0. The van der Waals surface area contributed by atoms with Gasteiger partial charge in [-0.1, -0.05) is 115 Å². The highest BCUT2D eigenvalue weighted by molar-refractivity contribution is 9.10. The van der Waals surface area contributed by atoms with Gasteiger partial charge >= 0.3 is 0 Å². The molecule has 0 amide bonds. The van der Waals surface area contributed by atoms with Crippen molar-refractivity contribution in [2.75, 3.05) is 0 Å². The maximum atomic E-state index is 15.7. The van der Waals surface area contributed by atoms with E-state index in [9.17, 15) is 0 Å². The van der Waals surface area contributed by atoms with E-state index in [1.54, 1.807) is 6.07 Å². The highest BCUT2D eigenvalue weighted by Gasteiger charge is 2.24. The largest absolute Gasteiger partial charge is 0.307 e. The fourth-order valence-corrected chi connectivity index (χ4v) is 5.93. The Morgan fingerprint density at radius 1 is 0.513 bits per heavy atom. The predicted molar refractivity (Wildman–Crippen MR) is 165 cm³/mol. The molecule has 0 spiro atoms. The minimum Gasteiger partial charge on any atom is -0.307 e. The van der Waals surface area contributed by atoms with E-state index in [-0.39, 0.29) is 5.82 Å². The van der Waals surface area contributed by atoms with Crippen molar-refractivity contribution in [2.24, 2.45) is 0 Å². The molecule has 0 radical (unpaired) electrons. The third-order valence-electron chi connectivity index (χ3n) is 7.30. The average molecular weight is 568 g/mol. The molecule has 1 nitrogen and oxygen atoms in total. The zero-order chi connectivity index (χ0) is 26.3. The van der Waals surface area contributed by atoms with E-state index in [0.29, 0.717) is 4.47 Å². The van der Waals surface area contributed by atoms with Gasteiger partial charge in [0.1, 0.15) is 5.82 Å². The third-order valence-corrected chi connectivity index (χ3v) is 8.09. The fourth-order valence-electron chi connectivity index (χ4n) is 5.52. The third kappa shape index (κ3) is 4.07. The van der Waals surface area contributed by atoms with Crippen molar-refractivity contribution in [3.05, 3.63) is 150 Å². The summed E-state index contributed by atoms with van der Waals surface area (Å²) in [6.07, 6.45) is 0. The number of hydrogen-bond donors (Lipinski definition) is 0. The van der Waals surface area contributed by atoms with E-state index in [1.165, 1.54) is 5.39 Å². The van der Waals surface area contributed by atoms with Gasteiger partial charge in [0.15, 0.2) is 0 Å². The molecule has 0 fully saturated rings. The van der Waals surface area contributed by atoms with E-state index in [0.717, 1.165) is 55.5 Å². The lowest BCUT2D eigenvalue weighted by Crippen LogP contribution is -2.01. The molecule has 7 rings (SSSR count). The Morgan fingerprint density at radius 3 is 1.69 bits per heavy atom. The maximum Gasteiger partial charge on any atom is 0.140 e. The van der Waals surface area contributed by atoms with Crippen molar-refractivity contribution in [3.63, 3.8) is 0 Å². The van der Waals surface area contributed by atoms with Gasteiger partial charge in [0.25, 0.3) is 0 Å². The molecule has 0 saturated carbocycles. The quantitative estimate of drug-likeness (QED) is 0.199. The lowest BCUT2D eigenvalue weighted by Gasteiger charge is -2.17. The number of rotatable bonds is 4. The number of fused-ring (bicyclic) bond motifs is 2. The molecular weight excluding hydrogens is 545 g/mol. The zero-order valence-corrected chi connectivity index (χ0v) is 22.6. The second-order valence-corrected chi connectivity index (χ2v) is 10.5. The molecule has 7 aromatic rings. The Kier molecular flexibility index (Phi) is 5.87. The maximum absolute atomic E-state index is 15.7. The summed E-state index contributed by atoms with van der Waals surface area (Å²) >= 11 is 3.64. The minimum absolute atomic E-state index is 0.297. The van der Waals surface area contributed by atoms with E-state index < -0.39 is 0 Å². The van der Waals surface area contributed by atoms with Crippen LogP contribution in [0.15, 0.2) is 144 Å². The number of halogens is 2. The van der Waals surface area contributed by atoms with Gasteiger partial charge in [-0.3, -0.25) is 0 Å². The summed E-state index contributed by atoms with van der Waals surface area (Å²) in [6, 6.07) is 47.4. The lowest BCUT2D eigenvalue weighted by atomic mass is 9.97. The van der Waals surface area contributed by atoms with Crippen LogP contribution in [0.25, 0.3) is 60.9 Å². The summed E-state index contributed by atoms with van der Waals surface area (Å²) in [5.41, 5.74) is 7.91. The van der Waals surface area contributed by atoms with Gasteiger partial charge in [0, 0.05) is 10.9 Å². The summed E-state index contributed by atoms with van der Waals surface area (Å²) in [4.78, 5) is 0. The average Bonchev–Trinajstić information content (AvgIpc) is 3.32. The van der Waals surface area contributed by atoms with Gasteiger partial charge in [-0.25, -0.2) is 4.39 Å². The van der Waals surface area contributed by atoms with Gasteiger partial charge in [0.2, 0.25) is 0 Å². The predicted octanol–water partition coefficient (Wildman–Crippen LogP) is 10.7. The molecular formula is C36H23BrFN. The highest BCUT2D eigenvalue weighted by atomic mass is 79.9. The van der Waals surface area contributed by atoms with Gasteiger partial charge in [-0.05, 0) is 73.2 Å². The monoisotopic (exact) mass is 567 g/mol. The van der Waals surface area contributed by atoms with E-state index in [4.69, 9.17) is 0 Å². The molecule has 186 valence electrons. The van der Waals surface area contributed by atoms with Crippen molar-refractivity contribution in [3.8, 4) is 39.2 Å². The van der Waals surface area contributed by atoms with E-state index >= 15 is 4.39 Å². The summed E-state index contributed by atoms with van der Waals surface area (Å²) in [6.45, 7) is 0. The SMILES string of the molecule is Fc1cc(-c2ccccc2)cc(-n2c(-c3ccccc3)c(-c3ccccc3)c3cc4ccccc4cc32)c1Br. The molecule has 0 atom stereocenters. The number of aromatic nitrogens is 1. The van der Waals surface area contributed by atoms with Crippen LogP contribution in [0.5, 0.6) is 0 Å². The Morgan fingerprint density at radius 2 is 1.05 bits per heavy atom. The van der Waals surface area contributed by atoms with E-state index in [2.05, 4.69) is 111 Å². The Hall–Kier alpha value is -4.47. The standard InChI is InChI=1S/C36H23BrFN/c37-35-31(38)21-29(24-12-4-1-5-13-24)23-33(35)39-32-22-28-19-11-10-18-27(28)20-30(32)34(25-14-6-2-7-15-25)36(39)26-16-8-3-9-17-26/h1-23H. The van der Waals surface area contributed by atoms with Crippen LogP contribution in [-0.2, 0) is 0 Å². The summed E-state index contributed by atoms with van der Waals surface area (Å²) < 4.78 is 18.3. The van der Waals surface area contributed by atoms with Crippen molar-refractivity contribution in [1.82, 2.24) is 4.57 Å². The first-order valence-corrected chi connectivity index (χ1v) is 13.7. The van der Waals surface area contributed by atoms with Gasteiger partial charge in [0.05, 0.1) is 21.4 Å². The molecule has 39 heavy (non-hydrogen) atoms. The molecule has 0 saturated heterocycles. The second-order valence-electron chi connectivity index (χ2n) is 9.66. The second kappa shape index (κ2) is 9.68. The smallest absolute Gasteiger partial charge is 0.140 e. The van der Waals surface area contributed by atoms with Crippen LogP contribution in [0.4, 0.5) is 4.39 Å². The van der Waals surface area contributed by atoms with Crippen LogP contribution in [0.1, 0.15) is 0 Å². The Bertz CT molecular complexity index is 1960. The van der Waals surface area contributed by atoms with Crippen molar-refractivity contribution in [1.29, 1.82) is 0 Å². The van der Waals surface area contributed by atoms with Crippen LogP contribution in [-0.4, -0.2) is 4.57 Å². The van der Waals surface area contributed by atoms with Crippen LogP contribution in [0.3, 0.4) is 0 Å². The number of nitrogens with zero attached hydrogens (tertiary/aromatic N) is 1. The van der Waals surface area contributed by atoms with Crippen LogP contribution in [0.2, 0.25) is 0 Å². The van der Waals surface area contributed by atoms with Gasteiger partial charge in [-0.15, -0.1) is 0 Å².